The van der Waals surface area contributed by atoms with E-state index in [1.54, 1.807) is 12.1 Å². The number of aliphatic hydroxyl groups is 2. The number of aryl methyl sites for hydroxylation is 1. The topological polar surface area (TPSA) is 137 Å². The largest absolute Gasteiger partial charge is 0.392 e. The predicted molar refractivity (Wildman–Crippen MR) is 214 cm³/mol. The maximum atomic E-state index is 13.6. The Morgan fingerprint density at radius 1 is 0.786 bits per heavy atom. The van der Waals surface area contributed by atoms with Crippen LogP contribution >= 0.6 is 0 Å². The summed E-state index contributed by atoms with van der Waals surface area (Å²) < 4.78 is 43.0. The van der Waals surface area contributed by atoms with E-state index in [0.29, 0.717) is 13.1 Å². The fourth-order valence-corrected chi connectivity index (χ4v) is 8.71. The second-order valence-corrected chi connectivity index (χ2v) is 16.5. The van der Waals surface area contributed by atoms with Gasteiger partial charge in [-0.15, -0.1) is 0 Å². The molecule has 5 aromatic carbocycles. The molecule has 0 bridgehead atoms. The van der Waals surface area contributed by atoms with Crippen molar-refractivity contribution in [3.8, 4) is 0 Å². The van der Waals surface area contributed by atoms with Crippen LogP contribution in [0.5, 0.6) is 0 Å². The van der Waals surface area contributed by atoms with Gasteiger partial charge in [-0.2, -0.15) is 4.72 Å². The highest BCUT2D eigenvalue weighted by Gasteiger charge is 2.43. The van der Waals surface area contributed by atoms with Crippen LogP contribution in [0.2, 0.25) is 0 Å². The third-order valence-electron chi connectivity index (χ3n) is 10.6. The van der Waals surface area contributed by atoms with E-state index < -0.39 is 28.3 Å². The van der Waals surface area contributed by atoms with Crippen molar-refractivity contribution in [1.82, 2.24) is 14.9 Å². The van der Waals surface area contributed by atoms with Gasteiger partial charge in [0.25, 0.3) is 0 Å². The molecule has 2 aliphatic heterocycles. The number of hydrogen-bond donors (Lipinski definition) is 4. The van der Waals surface area contributed by atoms with Crippen molar-refractivity contribution in [3.05, 3.63) is 172 Å². The van der Waals surface area contributed by atoms with Crippen molar-refractivity contribution in [3.63, 3.8) is 0 Å². The monoisotopic (exact) mass is 775 g/mol. The van der Waals surface area contributed by atoms with Gasteiger partial charge in [-0.3, -0.25) is 9.69 Å². The molecule has 6 atom stereocenters. The molecule has 2 heterocycles. The van der Waals surface area contributed by atoms with Crippen LogP contribution in [0.3, 0.4) is 0 Å². The van der Waals surface area contributed by atoms with Gasteiger partial charge in [0.1, 0.15) is 6.04 Å². The number of nitrogens with zero attached hydrogens (tertiary/aromatic N) is 1. The zero-order valence-electron chi connectivity index (χ0n) is 31.4. The summed E-state index contributed by atoms with van der Waals surface area (Å²) in [6.45, 7) is 3.99. The van der Waals surface area contributed by atoms with E-state index in [4.69, 9.17) is 9.47 Å². The second-order valence-electron chi connectivity index (χ2n) is 14.7. The number of likely N-dealkylation sites (tertiary alicyclic amines) is 1. The highest BCUT2D eigenvalue weighted by molar-refractivity contribution is 7.89. The molecule has 56 heavy (non-hydrogen) atoms. The molecule has 11 heteroatoms. The molecule has 5 aromatic rings. The summed E-state index contributed by atoms with van der Waals surface area (Å²) in [4.78, 5) is 16.0. The quantitative estimate of drug-likeness (QED) is 0.113. The van der Waals surface area contributed by atoms with Gasteiger partial charge in [-0.25, -0.2) is 8.42 Å². The summed E-state index contributed by atoms with van der Waals surface area (Å²) in [6, 6.07) is 40.5. The number of carbonyl (C=O) groups is 1. The van der Waals surface area contributed by atoms with Crippen molar-refractivity contribution in [2.75, 3.05) is 19.6 Å². The van der Waals surface area contributed by atoms with Crippen molar-refractivity contribution >= 4 is 15.9 Å². The van der Waals surface area contributed by atoms with Crippen LogP contribution in [-0.2, 0) is 43.9 Å². The lowest BCUT2D eigenvalue weighted by Crippen LogP contribution is -2.47. The molecule has 2 saturated heterocycles. The molecule has 0 aromatic heterocycles. The highest BCUT2D eigenvalue weighted by atomic mass is 32.2. The smallest absolute Gasteiger partial charge is 0.241 e. The Bertz CT molecular complexity index is 2140. The minimum Gasteiger partial charge on any atom is -0.392 e. The second kappa shape index (κ2) is 18.0. The maximum absolute atomic E-state index is 13.6. The molecule has 0 spiro atoms. The molecule has 4 N–H and O–H groups in total. The molecule has 7 rings (SSSR count). The number of ether oxygens (including phenoxy) is 2. The van der Waals surface area contributed by atoms with Crippen molar-refractivity contribution in [2.24, 2.45) is 0 Å². The first-order valence-corrected chi connectivity index (χ1v) is 20.6. The first kappa shape index (κ1) is 39.5. The van der Waals surface area contributed by atoms with Crippen LogP contribution in [0.25, 0.3) is 0 Å². The SMILES string of the molecule is Cc1ccc(S(=O)(=O)N[C@H](Cc2ccccc2)C(=O)NCc2ccc(C3O[C@H](CN4CC[C@@H](O)C4)[C@@H](c4ccccc4)[C@H](c4ccc(CO)cc4)O3)cc2)cc1. The number of aliphatic hydroxyl groups excluding tert-OH is 2. The van der Waals surface area contributed by atoms with Crippen LogP contribution in [-0.4, -0.2) is 67.3 Å². The van der Waals surface area contributed by atoms with Gasteiger partial charge in [-0.1, -0.05) is 127 Å². The summed E-state index contributed by atoms with van der Waals surface area (Å²) in [5.74, 6) is -0.587. The standard InChI is InChI=1S/C45H49N3O7S/c1-31-12-22-39(23-13-31)56(52,53)47-40(26-32-8-4-2-5-9-32)44(51)46-27-33-14-20-37(21-15-33)45-54-41(29-48-25-24-38(50)28-48)42(35-10-6-3-7-11-35)43(55-45)36-18-16-34(30-49)17-19-36/h2-23,38,40-43,45,47,49-50H,24-30H2,1H3,(H,46,51)/t38-,40-,41-,42-,43+,45?/m1/s1. The maximum Gasteiger partial charge on any atom is 0.241 e. The minimum atomic E-state index is -3.97. The highest BCUT2D eigenvalue weighted by Crippen LogP contribution is 2.47. The van der Waals surface area contributed by atoms with Gasteiger partial charge >= 0.3 is 0 Å². The molecule has 1 unspecified atom stereocenters. The van der Waals surface area contributed by atoms with Crippen LogP contribution in [0.4, 0.5) is 0 Å². The molecule has 1 amide bonds. The molecular weight excluding hydrogens is 727 g/mol. The van der Waals surface area contributed by atoms with Gasteiger partial charge in [0.05, 0.1) is 29.8 Å². The lowest BCUT2D eigenvalue weighted by Gasteiger charge is -2.44. The summed E-state index contributed by atoms with van der Waals surface area (Å²) in [5, 5.41) is 23.0. The van der Waals surface area contributed by atoms with Gasteiger partial charge in [0.15, 0.2) is 6.29 Å². The fourth-order valence-electron chi connectivity index (χ4n) is 7.51. The summed E-state index contributed by atoms with van der Waals surface area (Å²) in [5.41, 5.74) is 6.26. The third kappa shape index (κ3) is 9.80. The summed E-state index contributed by atoms with van der Waals surface area (Å²) in [6.07, 6.45) is -0.807. The Morgan fingerprint density at radius 3 is 2.07 bits per heavy atom. The average molecular weight is 776 g/mol. The number of benzene rings is 5. The number of carbonyl (C=O) groups excluding carboxylic acids is 1. The van der Waals surface area contributed by atoms with Crippen LogP contribution in [0, 0.1) is 6.92 Å². The summed E-state index contributed by atoms with van der Waals surface area (Å²) >= 11 is 0. The number of β-amino-alcohol motifs (C(OH)–C–C–N with tert-alkyl or cyclic N) is 1. The van der Waals surface area contributed by atoms with E-state index in [0.717, 1.165) is 51.9 Å². The Kier molecular flexibility index (Phi) is 12.7. The predicted octanol–water partition coefficient (Wildman–Crippen LogP) is 5.70. The van der Waals surface area contributed by atoms with Gasteiger partial charge in [-0.05, 0) is 59.7 Å². The van der Waals surface area contributed by atoms with E-state index in [1.807, 2.05) is 104 Å². The van der Waals surface area contributed by atoms with Crippen molar-refractivity contribution < 1.29 is 32.9 Å². The van der Waals surface area contributed by atoms with Crippen molar-refractivity contribution in [1.29, 1.82) is 0 Å². The fraction of sp³-hybridized carbons (Fsp3) is 0.311. The van der Waals surface area contributed by atoms with Gasteiger partial charge in [0.2, 0.25) is 15.9 Å². The summed E-state index contributed by atoms with van der Waals surface area (Å²) in [7, 11) is -3.97. The number of nitrogens with one attached hydrogen (secondary N) is 2. The molecule has 0 aliphatic carbocycles. The van der Waals surface area contributed by atoms with E-state index in [9.17, 15) is 23.4 Å². The molecular formula is C45H49N3O7S. The minimum absolute atomic E-state index is 0.0525. The zero-order valence-corrected chi connectivity index (χ0v) is 32.2. The Morgan fingerprint density at radius 2 is 1.43 bits per heavy atom. The Hall–Kier alpha value is -4.72. The van der Waals surface area contributed by atoms with Crippen LogP contribution in [0.1, 0.15) is 63.7 Å². The van der Waals surface area contributed by atoms with E-state index >= 15 is 0 Å². The molecule has 292 valence electrons. The molecule has 0 radical (unpaired) electrons. The van der Waals surface area contributed by atoms with Crippen molar-refractivity contribution in [2.45, 2.75) is 74.4 Å². The zero-order chi connectivity index (χ0) is 39.1. The first-order valence-electron chi connectivity index (χ1n) is 19.1. The number of hydrogen-bond acceptors (Lipinski definition) is 8. The lowest BCUT2D eigenvalue weighted by atomic mass is 9.83. The van der Waals surface area contributed by atoms with Crippen LogP contribution < -0.4 is 10.0 Å². The molecule has 2 aliphatic rings. The lowest BCUT2D eigenvalue weighted by molar-refractivity contribution is -0.263. The molecule has 2 fully saturated rings. The number of amides is 1. The normalized spacial score (nSPS) is 22.1. The first-order chi connectivity index (χ1) is 27.1. The van der Waals surface area contributed by atoms with Gasteiger partial charge in [0, 0.05) is 37.7 Å². The number of rotatable bonds is 14. The average Bonchev–Trinajstić information content (AvgIpc) is 3.64. The Balaban J connectivity index is 1.09. The van der Waals surface area contributed by atoms with Crippen LogP contribution in [0.15, 0.2) is 138 Å². The van der Waals surface area contributed by atoms with E-state index in [2.05, 4.69) is 27.1 Å². The number of sulfonamides is 1. The molecule has 10 nitrogen and oxygen atoms in total. The third-order valence-corrected chi connectivity index (χ3v) is 12.1. The molecule has 0 saturated carbocycles. The van der Waals surface area contributed by atoms with E-state index in [-0.39, 0.29) is 48.7 Å². The van der Waals surface area contributed by atoms with E-state index in [1.165, 1.54) is 12.1 Å². The Labute approximate surface area is 329 Å². The van der Waals surface area contributed by atoms with Gasteiger partial charge < -0.3 is 25.0 Å².